The monoisotopic (exact) mass is 366 g/mol. The third-order valence-corrected chi connectivity index (χ3v) is 5.06. The molecule has 1 aliphatic heterocycles. The molecule has 0 atom stereocenters. The van der Waals surface area contributed by atoms with E-state index < -0.39 is 5.97 Å². The Hall–Kier alpha value is -2.66. The highest BCUT2D eigenvalue weighted by Gasteiger charge is 2.25. The fourth-order valence-corrected chi connectivity index (χ4v) is 3.45. The number of carboxylic acids is 1. The summed E-state index contributed by atoms with van der Waals surface area (Å²) >= 11 is 0. The van der Waals surface area contributed by atoms with Crippen molar-refractivity contribution < 1.29 is 14.7 Å². The highest BCUT2D eigenvalue weighted by molar-refractivity contribution is 5.92. The summed E-state index contributed by atoms with van der Waals surface area (Å²) in [6, 6.07) is 17.9. The van der Waals surface area contributed by atoms with E-state index in [1.165, 1.54) is 5.56 Å². The Morgan fingerprint density at radius 2 is 1.63 bits per heavy atom. The van der Waals surface area contributed by atoms with Crippen LogP contribution in [-0.2, 0) is 22.6 Å². The van der Waals surface area contributed by atoms with Gasteiger partial charge in [0.1, 0.15) is 0 Å². The molecule has 27 heavy (non-hydrogen) atoms. The molecule has 0 unspecified atom stereocenters. The van der Waals surface area contributed by atoms with E-state index in [2.05, 4.69) is 34.5 Å². The zero-order chi connectivity index (χ0) is 19.1. The second-order valence-corrected chi connectivity index (χ2v) is 7.12. The molecule has 0 aromatic heterocycles. The van der Waals surface area contributed by atoms with Crippen molar-refractivity contribution in [2.75, 3.05) is 18.4 Å². The van der Waals surface area contributed by atoms with Crippen molar-refractivity contribution in [3.8, 4) is 0 Å². The molecule has 1 amide bonds. The van der Waals surface area contributed by atoms with Gasteiger partial charge in [0.25, 0.3) is 0 Å². The first-order chi connectivity index (χ1) is 13.1. The van der Waals surface area contributed by atoms with Crippen LogP contribution in [0.4, 0.5) is 5.69 Å². The number of nitrogens with zero attached hydrogens (tertiary/aromatic N) is 1. The van der Waals surface area contributed by atoms with Crippen molar-refractivity contribution in [1.29, 1.82) is 0 Å². The summed E-state index contributed by atoms with van der Waals surface area (Å²) < 4.78 is 0. The summed E-state index contributed by atoms with van der Waals surface area (Å²) in [6.07, 6.45) is 2.36. The summed E-state index contributed by atoms with van der Waals surface area (Å²) in [5, 5.41) is 11.7. The second-order valence-electron chi connectivity index (χ2n) is 7.12. The molecule has 2 aromatic carbocycles. The molecular formula is C22H26N2O3. The molecule has 0 aliphatic carbocycles. The molecule has 0 saturated carbocycles. The molecule has 1 heterocycles. The minimum absolute atomic E-state index is 0.0451. The van der Waals surface area contributed by atoms with Gasteiger partial charge in [-0.1, -0.05) is 42.5 Å². The third-order valence-electron chi connectivity index (χ3n) is 5.06. The Kier molecular flexibility index (Phi) is 6.60. The van der Waals surface area contributed by atoms with E-state index in [4.69, 9.17) is 5.11 Å². The number of nitrogens with one attached hydrogen (secondary N) is 1. The van der Waals surface area contributed by atoms with Crippen LogP contribution in [0.15, 0.2) is 54.6 Å². The number of piperidine rings is 1. The molecule has 2 N–H and O–H groups in total. The summed E-state index contributed by atoms with van der Waals surface area (Å²) in [5.41, 5.74) is 3.04. The molecule has 0 bridgehead atoms. The summed E-state index contributed by atoms with van der Waals surface area (Å²) in [4.78, 5) is 25.5. The number of aryl methyl sites for hydroxylation is 1. The van der Waals surface area contributed by atoms with Gasteiger partial charge < -0.3 is 10.4 Å². The Morgan fingerprint density at radius 1 is 0.963 bits per heavy atom. The van der Waals surface area contributed by atoms with Crippen LogP contribution in [0.1, 0.15) is 30.4 Å². The number of benzene rings is 2. The quantitative estimate of drug-likeness (QED) is 0.786. The first kappa shape index (κ1) is 19.1. The van der Waals surface area contributed by atoms with Crippen molar-refractivity contribution >= 4 is 17.6 Å². The maximum Gasteiger partial charge on any atom is 0.303 e. The van der Waals surface area contributed by atoms with Gasteiger partial charge in [-0.05, 0) is 55.6 Å². The van der Waals surface area contributed by atoms with Crippen molar-refractivity contribution in [3.63, 3.8) is 0 Å². The van der Waals surface area contributed by atoms with Crippen molar-refractivity contribution in [2.45, 2.75) is 32.2 Å². The van der Waals surface area contributed by atoms with Crippen LogP contribution in [0, 0.1) is 5.92 Å². The Balaban J connectivity index is 1.44. The number of amides is 1. The van der Waals surface area contributed by atoms with Crippen molar-refractivity contribution in [2.24, 2.45) is 5.92 Å². The largest absolute Gasteiger partial charge is 0.481 e. The van der Waals surface area contributed by atoms with E-state index in [-0.39, 0.29) is 18.2 Å². The second kappa shape index (κ2) is 9.33. The molecule has 142 valence electrons. The Labute approximate surface area is 160 Å². The van der Waals surface area contributed by atoms with E-state index in [0.29, 0.717) is 6.42 Å². The predicted molar refractivity (Wildman–Crippen MR) is 105 cm³/mol. The van der Waals surface area contributed by atoms with Gasteiger partial charge >= 0.3 is 5.97 Å². The lowest BCUT2D eigenvalue weighted by atomic mass is 9.95. The number of carbonyl (C=O) groups excluding carboxylic acids is 1. The van der Waals surface area contributed by atoms with E-state index in [1.54, 1.807) is 0 Å². The number of anilines is 1. The van der Waals surface area contributed by atoms with Crippen molar-refractivity contribution in [3.05, 3.63) is 65.7 Å². The van der Waals surface area contributed by atoms with Crippen LogP contribution in [0.2, 0.25) is 0 Å². The smallest absolute Gasteiger partial charge is 0.303 e. The zero-order valence-electron chi connectivity index (χ0n) is 15.4. The summed E-state index contributed by atoms with van der Waals surface area (Å²) in [5.74, 6) is -0.678. The molecule has 5 heteroatoms. The Bertz CT molecular complexity index is 751. The highest BCUT2D eigenvalue weighted by atomic mass is 16.4. The molecule has 5 nitrogen and oxygen atoms in total. The number of carbonyl (C=O) groups is 2. The van der Waals surface area contributed by atoms with Crippen LogP contribution in [-0.4, -0.2) is 35.0 Å². The van der Waals surface area contributed by atoms with Crippen LogP contribution in [0.25, 0.3) is 0 Å². The molecule has 1 aliphatic rings. The lowest BCUT2D eigenvalue weighted by Gasteiger charge is -2.31. The van der Waals surface area contributed by atoms with E-state index in [9.17, 15) is 9.59 Å². The molecule has 0 radical (unpaired) electrons. The van der Waals surface area contributed by atoms with Crippen LogP contribution < -0.4 is 5.32 Å². The maximum absolute atomic E-state index is 12.5. The highest BCUT2D eigenvalue weighted by Crippen LogP contribution is 2.21. The fourth-order valence-electron chi connectivity index (χ4n) is 3.45. The van der Waals surface area contributed by atoms with Gasteiger partial charge in [0, 0.05) is 24.6 Å². The number of aliphatic carboxylic acids is 1. The van der Waals surface area contributed by atoms with Crippen LogP contribution >= 0.6 is 0 Å². The molecule has 0 spiro atoms. The summed E-state index contributed by atoms with van der Waals surface area (Å²) in [7, 11) is 0. The predicted octanol–water partition coefficient (Wildman–Crippen LogP) is 3.55. The Morgan fingerprint density at radius 3 is 2.26 bits per heavy atom. The maximum atomic E-state index is 12.5. The van der Waals surface area contributed by atoms with Gasteiger partial charge in [0.2, 0.25) is 5.91 Å². The van der Waals surface area contributed by atoms with Gasteiger partial charge in [0.15, 0.2) is 0 Å². The number of hydrogen-bond donors (Lipinski definition) is 2. The van der Waals surface area contributed by atoms with Gasteiger partial charge in [-0.25, -0.2) is 0 Å². The molecule has 2 aromatic rings. The number of rotatable bonds is 7. The lowest BCUT2D eigenvalue weighted by Crippen LogP contribution is -2.37. The topological polar surface area (TPSA) is 69.6 Å². The average Bonchev–Trinajstić information content (AvgIpc) is 2.69. The SMILES string of the molecule is O=C(O)CCc1ccc(NC(=O)C2CCN(Cc3ccccc3)CC2)cc1. The minimum Gasteiger partial charge on any atom is -0.481 e. The first-order valence-electron chi connectivity index (χ1n) is 9.48. The van der Waals surface area contributed by atoms with Gasteiger partial charge in [-0.2, -0.15) is 0 Å². The third kappa shape index (κ3) is 5.93. The lowest BCUT2D eigenvalue weighted by molar-refractivity contribution is -0.137. The number of hydrogen-bond acceptors (Lipinski definition) is 3. The van der Waals surface area contributed by atoms with E-state index in [1.807, 2.05) is 30.3 Å². The van der Waals surface area contributed by atoms with Crippen LogP contribution in [0.5, 0.6) is 0 Å². The molecule has 3 rings (SSSR count). The normalized spacial score (nSPS) is 15.4. The van der Waals surface area contributed by atoms with Gasteiger partial charge in [0.05, 0.1) is 0 Å². The van der Waals surface area contributed by atoms with E-state index in [0.717, 1.165) is 43.7 Å². The molecular weight excluding hydrogens is 340 g/mol. The average molecular weight is 366 g/mol. The molecule has 1 saturated heterocycles. The zero-order valence-corrected chi connectivity index (χ0v) is 15.4. The standard InChI is InChI=1S/C22H26N2O3/c25-21(26)11-8-17-6-9-20(10-7-17)23-22(27)19-12-14-24(15-13-19)16-18-4-2-1-3-5-18/h1-7,9-10,19H,8,11-16H2,(H,23,27)(H,25,26). The first-order valence-corrected chi connectivity index (χ1v) is 9.48. The van der Waals surface area contributed by atoms with E-state index >= 15 is 0 Å². The molecule has 1 fully saturated rings. The van der Waals surface area contributed by atoms with Gasteiger partial charge in [-0.3, -0.25) is 14.5 Å². The minimum atomic E-state index is -0.800. The number of likely N-dealkylation sites (tertiary alicyclic amines) is 1. The number of carboxylic acid groups (broad SMARTS) is 1. The van der Waals surface area contributed by atoms with Crippen molar-refractivity contribution in [1.82, 2.24) is 4.90 Å². The fraction of sp³-hybridized carbons (Fsp3) is 0.364. The summed E-state index contributed by atoms with van der Waals surface area (Å²) in [6.45, 7) is 2.80. The van der Waals surface area contributed by atoms with Crippen LogP contribution in [0.3, 0.4) is 0 Å². The van der Waals surface area contributed by atoms with Gasteiger partial charge in [-0.15, -0.1) is 0 Å².